The normalized spacial score (nSPS) is 20.4. The monoisotopic (exact) mass is 234 g/mol. The number of rotatable bonds is 2. The van der Waals surface area contributed by atoms with E-state index >= 15 is 0 Å². The maximum absolute atomic E-state index is 13.1. The van der Waals surface area contributed by atoms with Crippen molar-refractivity contribution in [1.82, 2.24) is 9.97 Å². The van der Waals surface area contributed by atoms with Gasteiger partial charge in [-0.05, 0) is 37.1 Å². The van der Waals surface area contributed by atoms with Crippen molar-refractivity contribution in [2.75, 3.05) is 24.5 Å². The second-order valence-corrected chi connectivity index (χ2v) is 4.56. The quantitative estimate of drug-likeness (QED) is 0.827. The molecule has 4 nitrogen and oxygen atoms in total. The molecule has 1 aliphatic rings. The third-order valence-electron chi connectivity index (χ3n) is 3.35. The lowest BCUT2D eigenvalue weighted by atomic mass is 10.1. The third kappa shape index (κ3) is 1.86. The molecule has 3 rings (SSSR count). The molecule has 90 valence electrons. The first-order valence-electron chi connectivity index (χ1n) is 5.86. The number of nitrogens with two attached hydrogens (primary N) is 1. The number of imidazole rings is 1. The van der Waals surface area contributed by atoms with Gasteiger partial charge in [-0.2, -0.15) is 0 Å². The van der Waals surface area contributed by atoms with Crippen LogP contribution >= 0.6 is 0 Å². The van der Waals surface area contributed by atoms with Crippen LogP contribution in [0.4, 0.5) is 10.3 Å². The van der Waals surface area contributed by atoms with Gasteiger partial charge in [-0.25, -0.2) is 9.37 Å². The van der Waals surface area contributed by atoms with E-state index in [1.165, 1.54) is 12.1 Å². The lowest BCUT2D eigenvalue weighted by molar-refractivity contribution is 0.602. The fraction of sp³-hybridized carbons (Fsp3) is 0.417. The van der Waals surface area contributed by atoms with Gasteiger partial charge in [0.15, 0.2) is 0 Å². The average Bonchev–Trinajstić information content (AvgIpc) is 2.93. The van der Waals surface area contributed by atoms with Crippen LogP contribution in [0.5, 0.6) is 0 Å². The standard InChI is InChI=1S/C12H15FN4/c13-9-1-2-10-11(5-9)16-12(15-10)17-4-3-8(6-14)7-17/h1-2,5,8H,3-4,6-7,14H2,(H,15,16). The minimum Gasteiger partial charge on any atom is -0.342 e. The Bertz CT molecular complexity index is 536. The molecule has 1 atom stereocenters. The van der Waals surface area contributed by atoms with Crippen LogP contribution in [0, 0.1) is 11.7 Å². The summed E-state index contributed by atoms with van der Waals surface area (Å²) < 4.78 is 13.1. The van der Waals surface area contributed by atoms with Crippen molar-refractivity contribution in [3.05, 3.63) is 24.0 Å². The maximum Gasteiger partial charge on any atom is 0.203 e. The van der Waals surface area contributed by atoms with Crippen molar-refractivity contribution >= 4 is 17.0 Å². The fourth-order valence-corrected chi connectivity index (χ4v) is 2.34. The highest BCUT2D eigenvalue weighted by Gasteiger charge is 2.23. The molecule has 0 spiro atoms. The van der Waals surface area contributed by atoms with Crippen LogP contribution < -0.4 is 10.6 Å². The first-order valence-corrected chi connectivity index (χ1v) is 5.86. The number of benzene rings is 1. The van der Waals surface area contributed by atoms with Gasteiger partial charge in [-0.3, -0.25) is 0 Å². The number of nitrogens with one attached hydrogen (secondary N) is 1. The van der Waals surface area contributed by atoms with E-state index in [2.05, 4.69) is 14.9 Å². The average molecular weight is 234 g/mol. The van der Waals surface area contributed by atoms with Gasteiger partial charge in [0.05, 0.1) is 11.0 Å². The first-order chi connectivity index (χ1) is 8.26. The van der Waals surface area contributed by atoms with E-state index in [9.17, 15) is 4.39 Å². The number of aromatic nitrogens is 2. The van der Waals surface area contributed by atoms with Gasteiger partial charge in [0.1, 0.15) is 5.82 Å². The van der Waals surface area contributed by atoms with E-state index in [0.717, 1.165) is 36.5 Å². The highest BCUT2D eigenvalue weighted by molar-refractivity contribution is 5.77. The summed E-state index contributed by atoms with van der Waals surface area (Å²) >= 11 is 0. The van der Waals surface area contributed by atoms with Crippen molar-refractivity contribution in [2.24, 2.45) is 11.7 Å². The van der Waals surface area contributed by atoms with E-state index in [-0.39, 0.29) is 5.82 Å². The molecular weight excluding hydrogens is 219 g/mol. The van der Waals surface area contributed by atoms with E-state index in [4.69, 9.17) is 5.73 Å². The van der Waals surface area contributed by atoms with Crippen LogP contribution in [0.1, 0.15) is 6.42 Å². The number of aromatic amines is 1. The summed E-state index contributed by atoms with van der Waals surface area (Å²) in [7, 11) is 0. The molecule has 0 aliphatic carbocycles. The Balaban J connectivity index is 1.91. The Kier molecular flexibility index (Phi) is 2.48. The predicted octanol–water partition coefficient (Wildman–Crippen LogP) is 1.49. The Hall–Kier alpha value is -1.62. The Morgan fingerprint density at radius 2 is 2.41 bits per heavy atom. The Morgan fingerprint density at radius 1 is 1.53 bits per heavy atom. The summed E-state index contributed by atoms with van der Waals surface area (Å²) in [5.74, 6) is 1.12. The number of hydrogen-bond donors (Lipinski definition) is 2. The summed E-state index contributed by atoms with van der Waals surface area (Å²) in [6, 6.07) is 4.60. The van der Waals surface area contributed by atoms with Gasteiger partial charge >= 0.3 is 0 Å². The molecule has 3 N–H and O–H groups in total. The summed E-state index contributed by atoms with van der Waals surface area (Å²) in [6.07, 6.45) is 1.10. The fourth-order valence-electron chi connectivity index (χ4n) is 2.34. The number of fused-ring (bicyclic) bond motifs is 1. The smallest absolute Gasteiger partial charge is 0.203 e. The van der Waals surface area contributed by atoms with Crippen molar-refractivity contribution in [3.8, 4) is 0 Å². The van der Waals surface area contributed by atoms with Gasteiger partial charge in [-0.15, -0.1) is 0 Å². The van der Waals surface area contributed by atoms with Crippen LogP contribution in [0.15, 0.2) is 18.2 Å². The summed E-state index contributed by atoms with van der Waals surface area (Å²) in [6.45, 7) is 2.61. The number of halogens is 1. The summed E-state index contributed by atoms with van der Waals surface area (Å²) in [5.41, 5.74) is 7.21. The summed E-state index contributed by atoms with van der Waals surface area (Å²) in [5, 5.41) is 0. The van der Waals surface area contributed by atoms with Crippen molar-refractivity contribution in [1.29, 1.82) is 0 Å². The molecule has 0 radical (unpaired) electrons. The van der Waals surface area contributed by atoms with Gasteiger partial charge < -0.3 is 15.6 Å². The number of hydrogen-bond acceptors (Lipinski definition) is 3. The topological polar surface area (TPSA) is 57.9 Å². The van der Waals surface area contributed by atoms with Crippen molar-refractivity contribution < 1.29 is 4.39 Å². The SMILES string of the molecule is NCC1CCN(c2nc3ccc(F)cc3[nH]2)C1. The molecule has 1 aromatic heterocycles. The van der Waals surface area contributed by atoms with Gasteiger partial charge in [0.2, 0.25) is 5.95 Å². The zero-order valence-corrected chi connectivity index (χ0v) is 9.49. The molecule has 17 heavy (non-hydrogen) atoms. The molecule has 0 saturated carbocycles. The molecule has 1 fully saturated rings. The van der Waals surface area contributed by atoms with E-state index in [1.54, 1.807) is 6.07 Å². The molecule has 2 aromatic rings. The van der Waals surface area contributed by atoms with E-state index in [0.29, 0.717) is 12.5 Å². The van der Waals surface area contributed by atoms with Crippen LogP contribution in [0.2, 0.25) is 0 Å². The number of anilines is 1. The lowest BCUT2D eigenvalue weighted by Crippen LogP contribution is -2.23. The minimum absolute atomic E-state index is 0.242. The Morgan fingerprint density at radius 3 is 3.18 bits per heavy atom. The van der Waals surface area contributed by atoms with Gasteiger partial charge in [-0.1, -0.05) is 0 Å². The Labute approximate surface area is 98.6 Å². The molecule has 5 heteroatoms. The largest absolute Gasteiger partial charge is 0.342 e. The van der Waals surface area contributed by atoms with Crippen molar-refractivity contribution in [3.63, 3.8) is 0 Å². The highest BCUT2D eigenvalue weighted by atomic mass is 19.1. The summed E-state index contributed by atoms with van der Waals surface area (Å²) in [4.78, 5) is 9.80. The van der Waals surface area contributed by atoms with E-state index < -0.39 is 0 Å². The predicted molar refractivity (Wildman–Crippen MR) is 65.4 cm³/mol. The second-order valence-electron chi connectivity index (χ2n) is 4.56. The molecule has 1 saturated heterocycles. The van der Waals surface area contributed by atoms with Crippen LogP contribution in [0.25, 0.3) is 11.0 Å². The second kappa shape index (κ2) is 4.00. The number of nitrogens with zero attached hydrogens (tertiary/aromatic N) is 2. The molecule has 1 aromatic carbocycles. The first kappa shape index (κ1) is 10.5. The molecule has 1 unspecified atom stereocenters. The van der Waals surface area contributed by atoms with Crippen LogP contribution in [0.3, 0.4) is 0 Å². The van der Waals surface area contributed by atoms with Gasteiger partial charge in [0, 0.05) is 13.1 Å². The maximum atomic E-state index is 13.1. The molecule has 2 heterocycles. The molecule has 0 bridgehead atoms. The minimum atomic E-state index is -0.242. The molecule has 1 aliphatic heterocycles. The number of H-pyrrole nitrogens is 1. The molecule has 0 amide bonds. The van der Waals surface area contributed by atoms with Gasteiger partial charge in [0.25, 0.3) is 0 Å². The zero-order valence-electron chi connectivity index (χ0n) is 9.49. The van der Waals surface area contributed by atoms with Crippen LogP contribution in [-0.4, -0.2) is 29.6 Å². The van der Waals surface area contributed by atoms with Crippen LogP contribution in [-0.2, 0) is 0 Å². The highest BCUT2D eigenvalue weighted by Crippen LogP contribution is 2.23. The van der Waals surface area contributed by atoms with Crippen molar-refractivity contribution in [2.45, 2.75) is 6.42 Å². The third-order valence-corrected chi connectivity index (χ3v) is 3.35. The lowest BCUT2D eigenvalue weighted by Gasteiger charge is -2.14. The molecular formula is C12H15FN4. The van der Waals surface area contributed by atoms with E-state index in [1.807, 2.05) is 0 Å². The zero-order chi connectivity index (χ0) is 11.8.